The zero-order chi connectivity index (χ0) is 25.8. The standard InChI is InChI=1S/C31H24N2O4/c1-37-31(36)23-14-12-20(13-15-23)28(26(34)18-24-8-2-6-21-10-4-16-32-29(21)24)27(35)19-25-9-3-7-22-11-5-17-33-30(22)25/h2-17,28H,18-19H2,1H3. The van der Waals surface area contributed by atoms with Crippen molar-refractivity contribution in [1.29, 1.82) is 0 Å². The quantitative estimate of drug-likeness (QED) is 0.218. The average molecular weight is 489 g/mol. The zero-order valence-electron chi connectivity index (χ0n) is 20.3. The Bertz CT molecular complexity index is 1520. The number of benzene rings is 3. The first-order valence-electron chi connectivity index (χ1n) is 11.9. The number of ether oxygens (including phenoxy) is 1. The number of hydrogen-bond acceptors (Lipinski definition) is 6. The van der Waals surface area contributed by atoms with Crippen molar-refractivity contribution in [2.45, 2.75) is 18.8 Å². The second-order valence-corrected chi connectivity index (χ2v) is 8.82. The minimum Gasteiger partial charge on any atom is -0.465 e. The van der Waals surface area contributed by atoms with Gasteiger partial charge in [-0.05, 0) is 41.0 Å². The van der Waals surface area contributed by atoms with E-state index in [9.17, 15) is 14.4 Å². The lowest BCUT2D eigenvalue weighted by molar-refractivity contribution is -0.128. The number of hydrogen-bond donors (Lipinski definition) is 0. The maximum Gasteiger partial charge on any atom is 0.337 e. The molecule has 37 heavy (non-hydrogen) atoms. The van der Waals surface area contributed by atoms with Gasteiger partial charge >= 0.3 is 5.97 Å². The molecule has 2 heterocycles. The Kier molecular flexibility index (Phi) is 6.81. The van der Waals surface area contributed by atoms with Crippen LogP contribution in [0.2, 0.25) is 0 Å². The third-order valence-electron chi connectivity index (χ3n) is 6.47. The maximum atomic E-state index is 13.8. The number of aromatic nitrogens is 2. The first-order valence-corrected chi connectivity index (χ1v) is 11.9. The fraction of sp³-hybridized carbons (Fsp3) is 0.129. The molecule has 0 N–H and O–H groups in total. The highest BCUT2D eigenvalue weighted by Gasteiger charge is 2.29. The van der Waals surface area contributed by atoms with Crippen molar-refractivity contribution in [3.05, 3.63) is 120 Å². The summed E-state index contributed by atoms with van der Waals surface area (Å²) in [7, 11) is 1.31. The van der Waals surface area contributed by atoms with E-state index in [1.807, 2.05) is 60.7 Å². The van der Waals surface area contributed by atoms with E-state index in [1.165, 1.54) is 7.11 Å². The highest BCUT2D eigenvalue weighted by molar-refractivity contribution is 6.10. The number of fused-ring (bicyclic) bond motifs is 2. The van der Waals surface area contributed by atoms with Crippen LogP contribution in [0.5, 0.6) is 0 Å². The van der Waals surface area contributed by atoms with Gasteiger partial charge in [-0.25, -0.2) is 4.79 Å². The lowest BCUT2D eigenvalue weighted by Gasteiger charge is -2.17. The first kappa shape index (κ1) is 24.0. The summed E-state index contributed by atoms with van der Waals surface area (Å²) in [6, 6.07) is 25.4. The fourth-order valence-corrected chi connectivity index (χ4v) is 4.68. The predicted molar refractivity (Wildman–Crippen MR) is 141 cm³/mol. The molecule has 2 aromatic heterocycles. The average Bonchev–Trinajstić information content (AvgIpc) is 2.93. The van der Waals surface area contributed by atoms with Crippen molar-refractivity contribution in [1.82, 2.24) is 9.97 Å². The van der Waals surface area contributed by atoms with Crippen LogP contribution in [0.15, 0.2) is 97.3 Å². The van der Waals surface area contributed by atoms with Crippen LogP contribution in [-0.2, 0) is 27.2 Å². The van der Waals surface area contributed by atoms with Crippen molar-refractivity contribution >= 4 is 39.3 Å². The molecular formula is C31H24N2O4. The molecule has 0 amide bonds. The number of pyridine rings is 2. The minimum absolute atomic E-state index is 0.0529. The van der Waals surface area contributed by atoms with Crippen LogP contribution in [0.1, 0.15) is 33.0 Å². The second kappa shape index (κ2) is 10.5. The van der Waals surface area contributed by atoms with Gasteiger partial charge in [0.2, 0.25) is 0 Å². The van der Waals surface area contributed by atoms with Crippen molar-refractivity contribution in [3.63, 3.8) is 0 Å². The molecule has 0 unspecified atom stereocenters. The monoisotopic (exact) mass is 488 g/mol. The molecule has 6 heteroatoms. The topological polar surface area (TPSA) is 86.2 Å². The molecule has 0 spiro atoms. The molecule has 0 fully saturated rings. The molecule has 0 atom stereocenters. The molecule has 6 nitrogen and oxygen atoms in total. The Morgan fingerprint density at radius 3 is 1.65 bits per heavy atom. The molecule has 3 aromatic carbocycles. The van der Waals surface area contributed by atoms with Gasteiger partial charge in [0.05, 0.1) is 23.7 Å². The Balaban J connectivity index is 1.51. The number of para-hydroxylation sites is 2. The summed E-state index contributed by atoms with van der Waals surface area (Å²) in [5.41, 5.74) is 3.89. The van der Waals surface area contributed by atoms with E-state index in [-0.39, 0.29) is 24.4 Å². The number of esters is 1. The highest BCUT2D eigenvalue weighted by atomic mass is 16.5. The number of methoxy groups -OCH3 is 1. The summed E-state index contributed by atoms with van der Waals surface area (Å²) in [5, 5.41) is 1.86. The van der Waals surface area contributed by atoms with E-state index in [1.54, 1.807) is 36.7 Å². The van der Waals surface area contributed by atoms with E-state index in [4.69, 9.17) is 4.74 Å². The second-order valence-electron chi connectivity index (χ2n) is 8.82. The van der Waals surface area contributed by atoms with Gasteiger partial charge in [-0.1, -0.05) is 60.7 Å². The van der Waals surface area contributed by atoms with Gasteiger partial charge in [0.1, 0.15) is 5.92 Å². The van der Waals surface area contributed by atoms with Crippen molar-refractivity contribution in [2.75, 3.05) is 7.11 Å². The Morgan fingerprint density at radius 1 is 0.676 bits per heavy atom. The van der Waals surface area contributed by atoms with Gasteiger partial charge in [0.25, 0.3) is 0 Å². The van der Waals surface area contributed by atoms with Gasteiger partial charge < -0.3 is 4.74 Å². The summed E-state index contributed by atoms with van der Waals surface area (Å²) >= 11 is 0. The van der Waals surface area contributed by atoms with Crippen LogP contribution in [0.25, 0.3) is 21.8 Å². The molecule has 0 aliphatic heterocycles. The van der Waals surface area contributed by atoms with Crippen LogP contribution in [-0.4, -0.2) is 34.6 Å². The molecule has 0 saturated carbocycles. The number of carbonyl (C=O) groups excluding carboxylic acids is 3. The van der Waals surface area contributed by atoms with Gasteiger partial charge in [-0.15, -0.1) is 0 Å². The molecule has 5 rings (SSSR count). The summed E-state index contributed by atoms with van der Waals surface area (Å²) in [5.74, 6) is -1.96. The lowest BCUT2D eigenvalue weighted by Crippen LogP contribution is -2.25. The van der Waals surface area contributed by atoms with E-state index in [0.29, 0.717) is 11.1 Å². The number of ketones is 2. The van der Waals surface area contributed by atoms with Crippen molar-refractivity contribution in [3.8, 4) is 0 Å². The Labute approximate surface area is 214 Å². The van der Waals surface area contributed by atoms with Crippen molar-refractivity contribution in [2.24, 2.45) is 0 Å². The summed E-state index contributed by atoms with van der Waals surface area (Å²) < 4.78 is 4.78. The van der Waals surface area contributed by atoms with Crippen LogP contribution in [0.3, 0.4) is 0 Å². The van der Waals surface area contributed by atoms with E-state index < -0.39 is 11.9 Å². The maximum absolute atomic E-state index is 13.8. The van der Waals surface area contributed by atoms with Crippen molar-refractivity contribution < 1.29 is 19.1 Å². The number of rotatable bonds is 8. The normalized spacial score (nSPS) is 11.1. The Hall–Kier alpha value is -4.71. The van der Waals surface area contributed by atoms with E-state index in [2.05, 4.69) is 9.97 Å². The summed E-state index contributed by atoms with van der Waals surface area (Å²) in [4.78, 5) is 48.4. The fourth-order valence-electron chi connectivity index (χ4n) is 4.68. The molecule has 182 valence electrons. The van der Waals surface area contributed by atoms with Crippen LogP contribution >= 0.6 is 0 Å². The van der Waals surface area contributed by atoms with Gasteiger partial charge in [0.15, 0.2) is 11.6 Å². The van der Waals surface area contributed by atoms with E-state index in [0.717, 1.165) is 32.9 Å². The van der Waals surface area contributed by atoms with Gasteiger partial charge in [0, 0.05) is 36.0 Å². The highest BCUT2D eigenvalue weighted by Crippen LogP contribution is 2.26. The molecule has 0 saturated heterocycles. The molecule has 0 aliphatic carbocycles. The number of nitrogens with zero attached hydrogens (tertiary/aromatic N) is 2. The Morgan fingerprint density at radius 2 is 1.16 bits per heavy atom. The van der Waals surface area contributed by atoms with Gasteiger partial charge in [-0.3, -0.25) is 19.6 Å². The SMILES string of the molecule is COC(=O)c1ccc(C(C(=O)Cc2cccc3cccnc23)C(=O)Cc2cccc3cccnc23)cc1. The minimum atomic E-state index is -1.01. The zero-order valence-corrected chi connectivity index (χ0v) is 20.3. The molecule has 0 radical (unpaired) electrons. The molecule has 0 aliphatic rings. The summed E-state index contributed by atoms with van der Waals surface area (Å²) in [6.45, 7) is 0. The number of carbonyl (C=O) groups is 3. The molecule has 5 aromatic rings. The molecule has 0 bridgehead atoms. The molecular weight excluding hydrogens is 464 g/mol. The van der Waals surface area contributed by atoms with Gasteiger partial charge in [-0.2, -0.15) is 0 Å². The van der Waals surface area contributed by atoms with Crippen LogP contribution in [0, 0.1) is 0 Å². The summed E-state index contributed by atoms with van der Waals surface area (Å²) in [6.07, 6.45) is 3.49. The largest absolute Gasteiger partial charge is 0.465 e. The third kappa shape index (κ3) is 5.00. The smallest absolute Gasteiger partial charge is 0.337 e. The van der Waals surface area contributed by atoms with Crippen LogP contribution in [0.4, 0.5) is 0 Å². The lowest BCUT2D eigenvalue weighted by atomic mass is 9.84. The number of Topliss-reactive ketones (excluding diaryl/α,β-unsaturated/α-hetero) is 2. The van der Waals surface area contributed by atoms with Crippen LogP contribution < -0.4 is 0 Å². The van der Waals surface area contributed by atoms with E-state index >= 15 is 0 Å². The third-order valence-corrected chi connectivity index (χ3v) is 6.47. The first-order chi connectivity index (χ1) is 18.0. The predicted octanol–water partition coefficient (Wildman–Crippen LogP) is 5.28.